The van der Waals surface area contributed by atoms with Gasteiger partial charge in [-0.2, -0.15) is 14.6 Å². The lowest BCUT2D eigenvalue weighted by molar-refractivity contribution is -0.192. The average Bonchev–Trinajstić information content (AvgIpc) is 3.46. The summed E-state index contributed by atoms with van der Waals surface area (Å²) >= 11 is 0. The summed E-state index contributed by atoms with van der Waals surface area (Å²) in [6, 6.07) is 3.92. The van der Waals surface area contributed by atoms with E-state index in [1.807, 2.05) is 13.8 Å². The Kier molecular flexibility index (Phi) is 34.4. The van der Waals surface area contributed by atoms with Crippen molar-refractivity contribution in [1.82, 2.24) is 41.2 Å². The van der Waals surface area contributed by atoms with Crippen LogP contribution < -0.4 is 44.0 Å². The number of aliphatic imine (C=N–C) groups is 1. The van der Waals surface area contributed by atoms with Gasteiger partial charge in [0.05, 0.1) is 36.2 Å². The molecule has 444 valence electrons. The molecule has 0 fully saturated rings. The minimum Gasteiger partial charge on any atom is -0.481 e. The Balaban J connectivity index is 0.00000178. The zero-order valence-corrected chi connectivity index (χ0v) is 47.1. The van der Waals surface area contributed by atoms with Crippen LogP contribution >= 0.6 is 21.6 Å². The van der Waals surface area contributed by atoms with Crippen molar-refractivity contribution in [2.75, 3.05) is 36.9 Å². The molecule has 1 aromatic carbocycles. The predicted molar refractivity (Wildman–Crippen MR) is 298 cm³/mol. The molecule has 0 radical (unpaired) electrons. The van der Waals surface area contributed by atoms with Gasteiger partial charge in [0.25, 0.3) is 5.56 Å². The standard InChI is InChI=1S/C41H54N10O12S2.C9H18N2O2.CO2/c1-3-64-65-20-29(39(62)63)49-36(58)25(18-32(55)56)17-31(54)28(5-4-14-45-40(42)43)48-35(57)21(2)15-27(52)13-11-24(38(60)61)16-30(53)23-9-6-22(7-10-23)8-12-26-19-46-34-33(47-26)37(59)51-41(44)50-34;1-3-6-10-9(13)5-7-11-8(12)4-2;2-1-3/h6-7,9-10,19,21,24-25,28-29H,3-5,8,11-18,20H2,1-2H3,(H,48,57)(H,49,58)(H,55,56)(H,60,61)(H,62,63)(H4,42,43,45)(H3,44,46,50,51,59);3-7H2,1-2H3,(H,10,13)(H,11,12);. The first-order valence-electron chi connectivity index (χ1n) is 25.7. The lowest BCUT2D eigenvalue weighted by atomic mass is 9.90. The number of guanidine groups is 1. The Morgan fingerprint density at radius 1 is 0.765 bits per heavy atom. The number of aliphatic carboxylic acids is 3. The van der Waals surface area contributed by atoms with Crippen molar-refractivity contribution in [2.24, 2.45) is 34.2 Å². The smallest absolute Gasteiger partial charge is 0.373 e. The monoisotopic (exact) mass is 1170 g/mol. The quantitative estimate of drug-likeness (QED) is 0.0128. The largest absolute Gasteiger partial charge is 0.481 e. The number of nitrogens with two attached hydrogens (primary N) is 3. The summed E-state index contributed by atoms with van der Waals surface area (Å²) in [5.74, 6) is -10.8. The number of benzene rings is 1. The first-order chi connectivity index (χ1) is 38.4. The molecule has 0 spiro atoms. The third-order valence-electron chi connectivity index (χ3n) is 11.5. The molecule has 0 saturated heterocycles. The number of aromatic amines is 1. The molecule has 5 atom stereocenters. The highest BCUT2D eigenvalue weighted by atomic mass is 33.1. The average molecular weight is 1170 g/mol. The van der Waals surface area contributed by atoms with Crippen LogP contribution in [0.1, 0.15) is 120 Å². The first kappa shape index (κ1) is 70.9. The molecule has 5 unspecified atom stereocenters. The van der Waals surface area contributed by atoms with E-state index in [9.17, 15) is 68.1 Å². The van der Waals surface area contributed by atoms with Gasteiger partial charge >= 0.3 is 24.1 Å². The molecule has 0 aliphatic carbocycles. The molecule has 0 aliphatic heterocycles. The van der Waals surface area contributed by atoms with Crippen LogP contribution in [0.3, 0.4) is 0 Å². The SMILES string of the molecule is CCCNC(=O)CCNC(=O)CC.CCSSCC(NC(=O)C(CC(=O)O)CC(=O)C(CCCN=C(N)N)NC(=O)C(C)CC(=O)CCC(CC(=O)c1ccc(CCc2cnc3nc(N)[nH]c(=O)c3n2)cc1)C(=O)O)C(=O)O.O=C=O. The molecular formula is C51H72N12O16S2. The number of carboxylic acid groups (broad SMARTS) is 3. The maximum Gasteiger partial charge on any atom is 0.373 e. The van der Waals surface area contributed by atoms with Crippen molar-refractivity contribution in [3.05, 3.63) is 57.6 Å². The fraction of sp³-hybridized carbons (Fsp3) is 0.529. The van der Waals surface area contributed by atoms with Crippen molar-refractivity contribution >= 4 is 110 Å². The zero-order valence-electron chi connectivity index (χ0n) is 45.5. The summed E-state index contributed by atoms with van der Waals surface area (Å²) in [4.78, 5) is 171. The van der Waals surface area contributed by atoms with Crippen molar-refractivity contribution in [2.45, 2.75) is 123 Å². The highest BCUT2D eigenvalue weighted by Gasteiger charge is 2.33. The number of carbonyl (C=O) groups excluding carboxylic acids is 9. The number of carboxylic acids is 3. The number of H-pyrrole nitrogens is 1. The van der Waals surface area contributed by atoms with E-state index in [-0.39, 0.29) is 91.0 Å². The number of aryl methyl sites for hydroxylation is 2. The van der Waals surface area contributed by atoms with Crippen LogP contribution in [0.4, 0.5) is 5.95 Å². The lowest BCUT2D eigenvalue weighted by Gasteiger charge is -2.23. The predicted octanol–water partition coefficient (Wildman–Crippen LogP) is 1.13. The summed E-state index contributed by atoms with van der Waals surface area (Å²) in [6.45, 7) is 8.26. The van der Waals surface area contributed by atoms with Crippen LogP contribution in [0.2, 0.25) is 0 Å². The third kappa shape index (κ3) is 29.6. The summed E-state index contributed by atoms with van der Waals surface area (Å²) < 4.78 is 0. The number of nitrogens with zero attached hydrogens (tertiary/aromatic N) is 4. The van der Waals surface area contributed by atoms with Gasteiger partial charge in [-0.05, 0) is 44.1 Å². The minimum atomic E-state index is -1.48. The summed E-state index contributed by atoms with van der Waals surface area (Å²) in [5, 5.41) is 39.2. The highest BCUT2D eigenvalue weighted by molar-refractivity contribution is 8.76. The van der Waals surface area contributed by atoms with Gasteiger partial charge in [0.1, 0.15) is 11.8 Å². The number of Topliss-reactive ketones (excluding diaryl/α,β-unsaturated/α-hetero) is 3. The molecule has 2 aromatic heterocycles. The molecule has 4 amide bonds. The fourth-order valence-corrected chi connectivity index (χ4v) is 9.01. The molecule has 0 saturated carbocycles. The number of nitrogen functional groups attached to an aromatic ring is 1. The number of carbonyl (C=O) groups is 10. The number of ketones is 3. The zero-order chi connectivity index (χ0) is 61.0. The van der Waals surface area contributed by atoms with Crippen LogP contribution in [-0.2, 0) is 65.6 Å². The molecule has 28 nitrogen and oxygen atoms in total. The topological polar surface area (TPSA) is 476 Å². The normalized spacial score (nSPS) is 12.3. The second-order valence-electron chi connectivity index (χ2n) is 18.0. The van der Waals surface area contributed by atoms with E-state index in [0.717, 1.165) is 12.0 Å². The number of nitrogens with one attached hydrogen (secondary N) is 5. The van der Waals surface area contributed by atoms with E-state index in [4.69, 9.17) is 26.8 Å². The summed E-state index contributed by atoms with van der Waals surface area (Å²) in [5.41, 5.74) is 17.6. The van der Waals surface area contributed by atoms with E-state index in [1.54, 1.807) is 31.2 Å². The molecule has 0 aliphatic rings. The van der Waals surface area contributed by atoms with Gasteiger partial charge in [0.15, 0.2) is 28.7 Å². The third-order valence-corrected chi connectivity index (χ3v) is 14.0. The van der Waals surface area contributed by atoms with E-state index in [1.165, 1.54) is 34.7 Å². The van der Waals surface area contributed by atoms with Crippen molar-refractivity contribution in [3.8, 4) is 0 Å². The molecule has 0 bridgehead atoms. The summed E-state index contributed by atoms with van der Waals surface area (Å²) in [6.07, 6.45) is 1.88. The Morgan fingerprint density at radius 3 is 2.01 bits per heavy atom. The van der Waals surface area contributed by atoms with E-state index in [0.29, 0.717) is 50.2 Å². The van der Waals surface area contributed by atoms with Gasteiger partial charge in [-0.15, -0.1) is 0 Å². The number of anilines is 1. The number of hydrogen-bond donors (Lipinski definition) is 11. The van der Waals surface area contributed by atoms with Gasteiger partial charge in [-0.25, -0.2) is 14.8 Å². The van der Waals surface area contributed by atoms with E-state index < -0.39 is 102 Å². The fourth-order valence-electron chi connectivity index (χ4n) is 7.19. The van der Waals surface area contributed by atoms with Crippen LogP contribution in [0.15, 0.2) is 40.2 Å². The van der Waals surface area contributed by atoms with Crippen LogP contribution in [-0.4, -0.2) is 149 Å². The van der Waals surface area contributed by atoms with Crippen LogP contribution in [0.25, 0.3) is 11.2 Å². The second kappa shape index (κ2) is 39.3. The van der Waals surface area contributed by atoms with E-state index >= 15 is 0 Å². The molecular weight excluding hydrogens is 1100 g/mol. The Hall–Kier alpha value is -8.11. The minimum absolute atomic E-state index is 0.00162. The molecule has 2 heterocycles. The Labute approximate surface area is 474 Å². The number of hydrogen-bond acceptors (Lipinski definition) is 20. The Bertz CT molecular complexity index is 2740. The number of amides is 4. The maximum atomic E-state index is 13.6. The van der Waals surface area contributed by atoms with Gasteiger partial charge in [0, 0.05) is 81.1 Å². The number of fused-ring (bicyclic) bond motifs is 1. The van der Waals surface area contributed by atoms with Gasteiger partial charge in [-0.3, -0.25) is 57.9 Å². The Morgan fingerprint density at radius 2 is 1.42 bits per heavy atom. The van der Waals surface area contributed by atoms with Crippen molar-refractivity contribution in [1.29, 1.82) is 0 Å². The number of rotatable bonds is 36. The molecule has 30 heteroatoms. The first-order valence-corrected chi connectivity index (χ1v) is 28.2. The van der Waals surface area contributed by atoms with Crippen molar-refractivity contribution in [3.63, 3.8) is 0 Å². The van der Waals surface area contributed by atoms with Gasteiger partial charge < -0.3 is 53.8 Å². The van der Waals surface area contributed by atoms with E-state index in [2.05, 4.69) is 46.2 Å². The summed E-state index contributed by atoms with van der Waals surface area (Å²) in [7, 11) is 2.56. The van der Waals surface area contributed by atoms with Crippen LogP contribution in [0, 0.1) is 17.8 Å². The highest BCUT2D eigenvalue weighted by Crippen LogP contribution is 2.23. The maximum absolute atomic E-state index is 13.6. The lowest BCUT2D eigenvalue weighted by Crippen LogP contribution is -2.48. The van der Waals surface area contributed by atoms with Crippen molar-refractivity contribution < 1.29 is 72.9 Å². The van der Waals surface area contributed by atoms with Crippen LogP contribution in [0.5, 0.6) is 0 Å². The molecule has 81 heavy (non-hydrogen) atoms. The molecule has 3 rings (SSSR count). The molecule has 14 N–H and O–H groups in total. The van der Waals surface area contributed by atoms with Gasteiger partial charge in [-0.1, -0.05) is 73.5 Å². The number of aromatic nitrogens is 4. The second-order valence-corrected chi connectivity index (χ2v) is 20.8. The molecule has 3 aromatic rings. The van der Waals surface area contributed by atoms with Gasteiger partial charge in [0.2, 0.25) is 29.6 Å².